The third-order valence-electron chi connectivity index (χ3n) is 11.2. The van der Waals surface area contributed by atoms with Crippen LogP contribution in [0, 0.1) is 0 Å². The molecule has 0 amide bonds. The Kier molecular flexibility index (Phi) is 48.9. The van der Waals surface area contributed by atoms with Gasteiger partial charge in [-0.2, -0.15) is 0 Å². The third-order valence-corrected chi connectivity index (χ3v) is 11.2. The van der Waals surface area contributed by atoms with Crippen LogP contribution in [0.4, 0.5) is 0 Å². The molecule has 0 unspecified atom stereocenters. The molecule has 362 valence electrons. The summed E-state index contributed by atoms with van der Waals surface area (Å²) in [7, 11) is 0. The van der Waals surface area contributed by atoms with Gasteiger partial charge in [0, 0.05) is 19.3 Å². The standard InChI is InChI=1S/C57H98O6/c1-4-7-10-13-16-19-22-25-27-28-30-33-36-39-42-45-48-51-57(60)63-54(52-61-55(58)49-46-43-40-37-34-31-24-21-18-15-12-9-6-3)53-62-56(59)50-47-44-41-38-35-32-29-26-23-20-17-14-11-8-5-2/h8,11,17,20-21,24-27,29,35,38,54H,4-7,9-10,12-16,18-19,22-23,28,30-34,36-37,39-53H2,1-3H3/b11-8-,20-17-,24-21-,27-25-,29-26-,38-35-/t54-/m0/s1. The van der Waals surface area contributed by atoms with Crippen LogP contribution in [0.1, 0.15) is 252 Å². The molecule has 0 N–H and O–H groups in total. The average molecular weight is 879 g/mol. The Bertz CT molecular complexity index is 1190. The first kappa shape index (κ1) is 59.9. The van der Waals surface area contributed by atoms with Gasteiger partial charge in [0.15, 0.2) is 6.10 Å². The molecular formula is C57H98O6. The molecule has 0 saturated heterocycles. The fourth-order valence-corrected chi connectivity index (χ4v) is 7.19. The minimum atomic E-state index is -0.797. The highest BCUT2D eigenvalue weighted by Crippen LogP contribution is 2.14. The number of rotatable bonds is 47. The van der Waals surface area contributed by atoms with Crippen molar-refractivity contribution in [1.82, 2.24) is 0 Å². The summed E-state index contributed by atoms with van der Waals surface area (Å²) >= 11 is 0. The molecule has 0 aliphatic carbocycles. The molecule has 0 bridgehead atoms. The van der Waals surface area contributed by atoms with E-state index in [1.54, 1.807) is 0 Å². The zero-order chi connectivity index (χ0) is 45.8. The number of unbranched alkanes of at least 4 members (excludes halogenated alkanes) is 24. The highest BCUT2D eigenvalue weighted by molar-refractivity contribution is 5.71. The van der Waals surface area contributed by atoms with E-state index in [4.69, 9.17) is 14.2 Å². The molecule has 0 aliphatic heterocycles. The molecule has 6 nitrogen and oxygen atoms in total. The first-order chi connectivity index (χ1) is 31.0. The Balaban J connectivity index is 4.45. The van der Waals surface area contributed by atoms with Crippen molar-refractivity contribution < 1.29 is 28.6 Å². The van der Waals surface area contributed by atoms with Gasteiger partial charge in [0.05, 0.1) is 0 Å². The average Bonchev–Trinajstić information content (AvgIpc) is 3.28. The zero-order valence-electron chi connectivity index (χ0n) is 41.3. The molecule has 0 spiro atoms. The summed E-state index contributed by atoms with van der Waals surface area (Å²) in [4.78, 5) is 38.0. The molecule has 0 aromatic heterocycles. The molecule has 0 saturated carbocycles. The van der Waals surface area contributed by atoms with Crippen molar-refractivity contribution in [3.8, 4) is 0 Å². The second-order valence-electron chi connectivity index (χ2n) is 17.4. The lowest BCUT2D eigenvalue weighted by Gasteiger charge is -2.18. The van der Waals surface area contributed by atoms with Gasteiger partial charge < -0.3 is 14.2 Å². The van der Waals surface area contributed by atoms with E-state index in [1.807, 2.05) is 0 Å². The van der Waals surface area contributed by atoms with E-state index in [9.17, 15) is 14.4 Å². The smallest absolute Gasteiger partial charge is 0.306 e. The van der Waals surface area contributed by atoms with Crippen molar-refractivity contribution in [2.75, 3.05) is 13.2 Å². The molecule has 0 radical (unpaired) electrons. The van der Waals surface area contributed by atoms with Gasteiger partial charge in [-0.1, -0.05) is 196 Å². The van der Waals surface area contributed by atoms with Crippen LogP contribution < -0.4 is 0 Å². The van der Waals surface area contributed by atoms with Crippen LogP contribution in [0.15, 0.2) is 72.9 Å². The van der Waals surface area contributed by atoms with E-state index >= 15 is 0 Å². The topological polar surface area (TPSA) is 78.9 Å². The second-order valence-corrected chi connectivity index (χ2v) is 17.4. The number of carbonyl (C=O) groups is 3. The van der Waals surface area contributed by atoms with E-state index in [0.717, 1.165) is 89.9 Å². The van der Waals surface area contributed by atoms with Gasteiger partial charge in [0.25, 0.3) is 0 Å². The normalized spacial score (nSPS) is 12.6. The predicted octanol–water partition coefficient (Wildman–Crippen LogP) is 17.4. The van der Waals surface area contributed by atoms with E-state index in [-0.39, 0.29) is 31.1 Å². The van der Waals surface area contributed by atoms with Gasteiger partial charge in [-0.25, -0.2) is 0 Å². The minimum Gasteiger partial charge on any atom is -0.462 e. The number of esters is 3. The SMILES string of the molecule is CC/C=C\C/C=C\C/C=C\C/C=C\CCCCC(=O)OC[C@H](COC(=O)CCCCCCC/C=C\CCCCCC)OC(=O)CCCCCCCCC/C=C\CCCCCCCC. The first-order valence-corrected chi connectivity index (χ1v) is 26.4. The van der Waals surface area contributed by atoms with Crippen molar-refractivity contribution >= 4 is 17.9 Å². The van der Waals surface area contributed by atoms with Crippen LogP contribution in [0.25, 0.3) is 0 Å². The van der Waals surface area contributed by atoms with Crippen LogP contribution in [0.3, 0.4) is 0 Å². The molecule has 0 fully saturated rings. The summed E-state index contributed by atoms with van der Waals surface area (Å²) in [5.74, 6) is -0.947. The molecule has 0 aromatic rings. The van der Waals surface area contributed by atoms with Crippen LogP contribution in [-0.2, 0) is 28.6 Å². The summed E-state index contributed by atoms with van der Waals surface area (Å²) < 4.78 is 16.8. The Morgan fingerprint density at radius 3 is 1.03 bits per heavy atom. The summed E-state index contributed by atoms with van der Waals surface area (Å²) in [6, 6.07) is 0. The molecule has 0 rings (SSSR count). The fraction of sp³-hybridized carbons (Fsp3) is 0.737. The molecular weight excluding hydrogens is 781 g/mol. The largest absolute Gasteiger partial charge is 0.462 e. The van der Waals surface area contributed by atoms with Crippen LogP contribution in [0.2, 0.25) is 0 Å². The molecule has 0 aliphatic rings. The maximum atomic E-state index is 12.8. The Hall–Kier alpha value is -3.15. The number of allylic oxidation sites excluding steroid dienone is 12. The summed E-state index contributed by atoms with van der Waals surface area (Å²) in [5, 5.41) is 0. The molecule has 6 heteroatoms. The second kappa shape index (κ2) is 51.5. The number of hydrogen-bond acceptors (Lipinski definition) is 6. The van der Waals surface area contributed by atoms with Gasteiger partial charge in [0.1, 0.15) is 13.2 Å². The Labute approximate surface area is 389 Å². The zero-order valence-corrected chi connectivity index (χ0v) is 41.3. The molecule has 63 heavy (non-hydrogen) atoms. The Morgan fingerprint density at radius 1 is 0.333 bits per heavy atom. The van der Waals surface area contributed by atoms with Crippen LogP contribution in [-0.4, -0.2) is 37.2 Å². The summed E-state index contributed by atoms with van der Waals surface area (Å²) in [5.41, 5.74) is 0. The van der Waals surface area contributed by atoms with Gasteiger partial charge in [-0.05, 0) is 109 Å². The number of carbonyl (C=O) groups excluding carboxylic acids is 3. The molecule has 1 atom stereocenters. The lowest BCUT2D eigenvalue weighted by atomic mass is 10.1. The lowest BCUT2D eigenvalue weighted by Crippen LogP contribution is -2.30. The fourth-order valence-electron chi connectivity index (χ4n) is 7.19. The van der Waals surface area contributed by atoms with Gasteiger partial charge in [0.2, 0.25) is 0 Å². The lowest BCUT2D eigenvalue weighted by molar-refractivity contribution is -0.167. The molecule has 0 aromatic carbocycles. The van der Waals surface area contributed by atoms with Gasteiger partial charge in [-0.15, -0.1) is 0 Å². The monoisotopic (exact) mass is 879 g/mol. The first-order valence-electron chi connectivity index (χ1n) is 26.4. The maximum Gasteiger partial charge on any atom is 0.306 e. The number of hydrogen-bond donors (Lipinski definition) is 0. The van der Waals surface area contributed by atoms with Gasteiger partial charge in [-0.3, -0.25) is 14.4 Å². The van der Waals surface area contributed by atoms with Crippen LogP contribution >= 0.6 is 0 Å². The van der Waals surface area contributed by atoms with Crippen molar-refractivity contribution in [3.63, 3.8) is 0 Å². The van der Waals surface area contributed by atoms with E-state index in [2.05, 4.69) is 93.7 Å². The number of ether oxygens (including phenoxy) is 3. The van der Waals surface area contributed by atoms with Crippen LogP contribution in [0.5, 0.6) is 0 Å². The quantitative estimate of drug-likeness (QED) is 0.0262. The Morgan fingerprint density at radius 2 is 0.619 bits per heavy atom. The predicted molar refractivity (Wildman–Crippen MR) is 270 cm³/mol. The van der Waals surface area contributed by atoms with E-state index < -0.39 is 6.10 Å². The van der Waals surface area contributed by atoms with E-state index in [0.29, 0.717) is 19.3 Å². The summed E-state index contributed by atoms with van der Waals surface area (Å²) in [6.45, 7) is 6.46. The van der Waals surface area contributed by atoms with Crippen molar-refractivity contribution in [2.45, 2.75) is 258 Å². The van der Waals surface area contributed by atoms with Gasteiger partial charge >= 0.3 is 17.9 Å². The molecule has 0 heterocycles. The van der Waals surface area contributed by atoms with Crippen molar-refractivity contribution in [1.29, 1.82) is 0 Å². The summed E-state index contributed by atoms with van der Waals surface area (Å²) in [6.07, 6.45) is 64.6. The van der Waals surface area contributed by atoms with E-state index in [1.165, 1.54) is 122 Å². The third kappa shape index (κ3) is 49.7. The van der Waals surface area contributed by atoms with Crippen molar-refractivity contribution in [3.05, 3.63) is 72.9 Å². The minimum absolute atomic E-state index is 0.0945. The van der Waals surface area contributed by atoms with Crippen molar-refractivity contribution in [2.24, 2.45) is 0 Å². The highest BCUT2D eigenvalue weighted by Gasteiger charge is 2.19. The maximum absolute atomic E-state index is 12.8. The highest BCUT2D eigenvalue weighted by atomic mass is 16.6.